The van der Waals surface area contributed by atoms with Crippen LogP contribution in [-0.2, 0) is 10.2 Å². The van der Waals surface area contributed by atoms with Gasteiger partial charge < -0.3 is 9.15 Å². The molecule has 7 nitrogen and oxygen atoms in total. The molecule has 148 valence electrons. The lowest BCUT2D eigenvalue weighted by Crippen LogP contribution is -2.30. The molecule has 0 radical (unpaired) electrons. The third-order valence-corrected chi connectivity index (χ3v) is 5.38. The second kappa shape index (κ2) is 6.81. The molecule has 0 spiro atoms. The molecular weight excluding hydrogens is 386 g/mol. The fourth-order valence-electron chi connectivity index (χ4n) is 3.94. The second-order valence-corrected chi connectivity index (χ2v) is 6.97. The van der Waals surface area contributed by atoms with Gasteiger partial charge in [0.25, 0.3) is 5.69 Å². The molecule has 9 heteroatoms. The Bertz CT molecular complexity index is 1190. The van der Waals surface area contributed by atoms with Crippen LogP contribution in [0.15, 0.2) is 34.7 Å². The highest BCUT2D eigenvalue weighted by molar-refractivity contribution is 6.10. The summed E-state index contributed by atoms with van der Waals surface area (Å²) in [6.45, 7) is -3.09. The summed E-state index contributed by atoms with van der Waals surface area (Å²) in [6.07, 6.45) is 0.989. The van der Waals surface area contributed by atoms with Crippen LogP contribution in [0.2, 0.25) is 0 Å². The number of hydrogen-bond donors (Lipinski definition) is 0. The fourth-order valence-corrected chi connectivity index (χ4v) is 3.94. The van der Waals surface area contributed by atoms with Gasteiger partial charge in [-0.15, -0.1) is 0 Å². The molecular formula is C20H14F2N2O5. The molecule has 1 aliphatic carbocycles. The summed E-state index contributed by atoms with van der Waals surface area (Å²) in [5.41, 5.74) is -0.502. The summed E-state index contributed by atoms with van der Waals surface area (Å²) in [7, 11) is 0. The maximum Gasteiger partial charge on any atom is 0.387 e. The molecule has 1 aromatic heterocycles. The van der Waals surface area contributed by atoms with Gasteiger partial charge in [0, 0.05) is 35.7 Å². The van der Waals surface area contributed by atoms with E-state index in [1.54, 1.807) is 0 Å². The van der Waals surface area contributed by atoms with Gasteiger partial charge in [0.2, 0.25) is 0 Å². The van der Waals surface area contributed by atoms with E-state index in [4.69, 9.17) is 4.42 Å². The number of furan rings is 1. The molecule has 1 aliphatic rings. The van der Waals surface area contributed by atoms with E-state index in [9.17, 15) is 29.0 Å². The molecule has 29 heavy (non-hydrogen) atoms. The van der Waals surface area contributed by atoms with Crippen LogP contribution >= 0.6 is 0 Å². The van der Waals surface area contributed by atoms with Crippen molar-refractivity contribution in [1.29, 1.82) is 5.26 Å². The molecule has 0 saturated heterocycles. The van der Waals surface area contributed by atoms with Gasteiger partial charge in [0.15, 0.2) is 11.3 Å². The van der Waals surface area contributed by atoms with Gasteiger partial charge in [-0.2, -0.15) is 14.0 Å². The summed E-state index contributed by atoms with van der Waals surface area (Å²) in [4.78, 5) is 22.4. The second-order valence-electron chi connectivity index (χ2n) is 6.97. The number of Topliss-reactive ketones (excluding diaryl/α,β-unsaturated/α-hetero) is 1. The Hall–Kier alpha value is -3.54. The smallest absolute Gasteiger partial charge is 0.387 e. The van der Waals surface area contributed by atoms with E-state index in [0.29, 0.717) is 16.3 Å². The number of nitrogens with zero attached hydrogens (tertiary/aromatic N) is 2. The van der Waals surface area contributed by atoms with Crippen LogP contribution < -0.4 is 4.74 Å². The lowest BCUT2D eigenvalue weighted by atomic mass is 9.69. The average Bonchev–Trinajstić information content (AvgIpc) is 3.08. The van der Waals surface area contributed by atoms with Crippen molar-refractivity contribution in [2.24, 2.45) is 0 Å². The van der Waals surface area contributed by atoms with E-state index in [1.807, 2.05) is 0 Å². The Morgan fingerprint density at radius 2 is 1.97 bits per heavy atom. The lowest BCUT2D eigenvalue weighted by Gasteiger charge is -2.31. The minimum absolute atomic E-state index is 0.00942. The zero-order chi connectivity index (χ0) is 20.8. The zero-order valence-corrected chi connectivity index (χ0v) is 15.0. The van der Waals surface area contributed by atoms with Crippen molar-refractivity contribution in [3.8, 4) is 11.8 Å². The van der Waals surface area contributed by atoms with Crippen molar-refractivity contribution in [1.82, 2.24) is 0 Å². The summed E-state index contributed by atoms with van der Waals surface area (Å²) < 4.78 is 36.0. The number of carbonyl (C=O) groups is 1. The first-order valence-corrected chi connectivity index (χ1v) is 8.86. The van der Waals surface area contributed by atoms with Gasteiger partial charge in [-0.05, 0) is 30.5 Å². The monoisotopic (exact) mass is 400 g/mol. The molecule has 2 aromatic carbocycles. The molecule has 4 rings (SSSR count). The van der Waals surface area contributed by atoms with Crippen molar-refractivity contribution in [3.05, 3.63) is 46.0 Å². The van der Waals surface area contributed by atoms with Crippen LogP contribution in [0.1, 0.15) is 31.2 Å². The first kappa shape index (κ1) is 18.8. The maximum absolute atomic E-state index is 12.9. The Labute approximate surface area is 162 Å². The number of ketones is 1. The maximum atomic E-state index is 12.9. The number of ether oxygens (including phenoxy) is 1. The quantitative estimate of drug-likeness (QED) is 0.451. The first-order chi connectivity index (χ1) is 13.8. The molecule has 1 fully saturated rings. The van der Waals surface area contributed by atoms with Crippen LogP contribution in [0.25, 0.3) is 21.9 Å². The fraction of sp³-hybridized carbons (Fsp3) is 0.300. The Morgan fingerprint density at radius 3 is 2.59 bits per heavy atom. The number of non-ortho nitro benzene ring substituents is 1. The zero-order valence-electron chi connectivity index (χ0n) is 15.0. The van der Waals surface area contributed by atoms with Crippen molar-refractivity contribution >= 4 is 33.4 Å². The number of nitro benzene ring substituents is 1. The van der Waals surface area contributed by atoms with Gasteiger partial charge in [-0.3, -0.25) is 14.9 Å². The number of carbonyl (C=O) groups excluding carboxylic acids is 1. The topological polar surface area (TPSA) is 106 Å². The molecule has 0 unspecified atom stereocenters. The number of rotatable bonds is 4. The predicted octanol–water partition coefficient (Wildman–Crippen LogP) is 5.00. The van der Waals surface area contributed by atoms with Gasteiger partial charge >= 0.3 is 6.61 Å². The molecule has 3 aromatic rings. The Balaban J connectivity index is 2.05. The summed E-state index contributed by atoms with van der Waals surface area (Å²) >= 11 is 0. The lowest BCUT2D eigenvalue weighted by molar-refractivity contribution is -0.384. The van der Waals surface area contributed by atoms with Crippen molar-refractivity contribution < 1.29 is 27.7 Å². The standard InChI is InChI=1S/C20H14F2N2O5/c21-19(22)29-16-4-2-14(20(10-23)7-5-12(25)6-8-20)17-13-9-11(24(26)27)1-3-15(13)28-18(16)17/h1-4,9,19H,5-8H2. The summed E-state index contributed by atoms with van der Waals surface area (Å²) in [5.74, 6) is -0.171. The molecule has 1 saturated carbocycles. The normalized spacial score (nSPS) is 16.3. The van der Waals surface area contributed by atoms with Crippen molar-refractivity contribution in [2.75, 3.05) is 0 Å². The van der Waals surface area contributed by atoms with E-state index in [0.717, 1.165) is 0 Å². The van der Waals surface area contributed by atoms with Crippen molar-refractivity contribution in [2.45, 2.75) is 37.7 Å². The van der Waals surface area contributed by atoms with Gasteiger partial charge in [-0.25, -0.2) is 0 Å². The summed E-state index contributed by atoms with van der Waals surface area (Å²) in [6, 6.07) is 9.01. The highest BCUT2D eigenvalue weighted by Gasteiger charge is 2.39. The van der Waals surface area contributed by atoms with Crippen LogP contribution in [0.3, 0.4) is 0 Å². The molecule has 0 bridgehead atoms. The minimum Gasteiger partial charge on any atom is -0.452 e. The van der Waals surface area contributed by atoms with E-state index in [-0.39, 0.29) is 54.1 Å². The van der Waals surface area contributed by atoms with Gasteiger partial charge in [0.1, 0.15) is 11.4 Å². The van der Waals surface area contributed by atoms with Crippen LogP contribution in [-0.4, -0.2) is 17.3 Å². The van der Waals surface area contributed by atoms with Crippen LogP contribution in [0.4, 0.5) is 14.5 Å². The van der Waals surface area contributed by atoms with Gasteiger partial charge in [-0.1, -0.05) is 6.07 Å². The number of nitro groups is 1. The van der Waals surface area contributed by atoms with E-state index >= 15 is 0 Å². The largest absolute Gasteiger partial charge is 0.452 e. The molecule has 0 aliphatic heterocycles. The highest BCUT2D eigenvalue weighted by atomic mass is 19.3. The van der Waals surface area contributed by atoms with Crippen LogP contribution in [0, 0.1) is 21.4 Å². The summed E-state index contributed by atoms with van der Waals surface area (Å²) in [5, 5.41) is 21.8. The average molecular weight is 400 g/mol. The third-order valence-electron chi connectivity index (χ3n) is 5.38. The Kier molecular flexibility index (Phi) is 4.42. The molecule has 1 heterocycles. The third kappa shape index (κ3) is 3.06. The minimum atomic E-state index is -3.09. The number of benzene rings is 2. The molecule has 0 atom stereocenters. The van der Waals surface area contributed by atoms with Crippen LogP contribution in [0.5, 0.6) is 5.75 Å². The number of alkyl halides is 2. The number of nitriles is 1. The number of halogens is 2. The van der Waals surface area contributed by atoms with E-state index in [2.05, 4.69) is 10.8 Å². The predicted molar refractivity (Wildman–Crippen MR) is 97.8 cm³/mol. The number of fused-ring (bicyclic) bond motifs is 3. The molecule has 0 N–H and O–H groups in total. The van der Waals surface area contributed by atoms with E-state index < -0.39 is 16.9 Å². The highest BCUT2D eigenvalue weighted by Crippen LogP contribution is 2.46. The SMILES string of the molecule is N#CC1(c2ccc(OC(F)F)c3oc4ccc([N+](=O)[O-])cc4c23)CCC(=O)CC1. The molecule has 0 amide bonds. The van der Waals surface area contributed by atoms with E-state index in [1.165, 1.54) is 30.3 Å². The van der Waals surface area contributed by atoms with Crippen molar-refractivity contribution in [3.63, 3.8) is 0 Å². The first-order valence-electron chi connectivity index (χ1n) is 8.86. The Morgan fingerprint density at radius 1 is 1.24 bits per heavy atom. The number of hydrogen-bond acceptors (Lipinski definition) is 6. The van der Waals surface area contributed by atoms with Gasteiger partial charge in [0.05, 0.1) is 16.4 Å².